The topological polar surface area (TPSA) is 46.2 Å². The SMILES string of the molecule is NC(CO)CC1(c2ccccc2)CCCC1. The Morgan fingerprint density at radius 1 is 1.19 bits per heavy atom. The molecular weight excluding hydrogens is 198 g/mol. The lowest BCUT2D eigenvalue weighted by Gasteiger charge is -2.32. The van der Waals surface area contributed by atoms with Crippen LogP contribution >= 0.6 is 0 Å². The number of hydrogen-bond donors (Lipinski definition) is 2. The largest absolute Gasteiger partial charge is 0.395 e. The van der Waals surface area contributed by atoms with Crippen LogP contribution in [0.15, 0.2) is 30.3 Å². The maximum Gasteiger partial charge on any atom is 0.0582 e. The molecule has 0 bridgehead atoms. The van der Waals surface area contributed by atoms with Gasteiger partial charge in [0.15, 0.2) is 0 Å². The monoisotopic (exact) mass is 219 g/mol. The molecule has 2 nitrogen and oxygen atoms in total. The standard InChI is InChI=1S/C14H21NO/c15-13(11-16)10-14(8-4-5-9-14)12-6-2-1-3-7-12/h1-3,6-7,13,16H,4-5,8-11,15H2. The summed E-state index contributed by atoms with van der Waals surface area (Å²) in [5.41, 5.74) is 7.55. The van der Waals surface area contributed by atoms with Crippen LogP contribution in [0.2, 0.25) is 0 Å². The molecule has 1 aromatic carbocycles. The Bertz CT molecular complexity index is 317. The average Bonchev–Trinajstić information content (AvgIpc) is 2.80. The van der Waals surface area contributed by atoms with Crippen molar-refractivity contribution >= 4 is 0 Å². The number of hydrogen-bond acceptors (Lipinski definition) is 2. The van der Waals surface area contributed by atoms with Gasteiger partial charge in [0.25, 0.3) is 0 Å². The predicted molar refractivity (Wildman–Crippen MR) is 66.3 cm³/mol. The van der Waals surface area contributed by atoms with Gasteiger partial charge in [0, 0.05) is 6.04 Å². The molecule has 1 aliphatic carbocycles. The highest BCUT2D eigenvalue weighted by atomic mass is 16.3. The normalized spacial score (nSPS) is 20.9. The highest BCUT2D eigenvalue weighted by molar-refractivity contribution is 5.26. The summed E-state index contributed by atoms with van der Waals surface area (Å²) in [6, 6.07) is 10.6. The van der Waals surface area contributed by atoms with Crippen LogP contribution < -0.4 is 5.73 Å². The maximum absolute atomic E-state index is 9.13. The van der Waals surface area contributed by atoms with E-state index in [4.69, 9.17) is 10.8 Å². The van der Waals surface area contributed by atoms with Crippen molar-refractivity contribution in [3.63, 3.8) is 0 Å². The second-order valence-corrected chi connectivity index (χ2v) is 5.00. The van der Waals surface area contributed by atoms with E-state index in [1.165, 1.54) is 31.2 Å². The zero-order chi connectivity index (χ0) is 11.4. The summed E-state index contributed by atoms with van der Waals surface area (Å²) >= 11 is 0. The molecule has 1 saturated carbocycles. The molecule has 0 saturated heterocycles. The van der Waals surface area contributed by atoms with Crippen LogP contribution in [0.5, 0.6) is 0 Å². The van der Waals surface area contributed by atoms with E-state index in [2.05, 4.69) is 30.3 Å². The number of benzene rings is 1. The van der Waals surface area contributed by atoms with Gasteiger partial charge in [0.1, 0.15) is 0 Å². The summed E-state index contributed by atoms with van der Waals surface area (Å²) in [6.45, 7) is 0.0918. The molecule has 1 unspecified atom stereocenters. The van der Waals surface area contributed by atoms with Gasteiger partial charge in [-0.15, -0.1) is 0 Å². The highest BCUT2D eigenvalue weighted by Gasteiger charge is 2.36. The van der Waals surface area contributed by atoms with Crippen molar-refractivity contribution in [2.24, 2.45) is 5.73 Å². The minimum absolute atomic E-state index is 0.0849. The first-order valence-electron chi connectivity index (χ1n) is 6.19. The number of aliphatic hydroxyl groups is 1. The van der Waals surface area contributed by atoms with Crippen LogP contribution in [-0.2, 0) is 5.41 Å². The Kier molecular flexibility index (Phi) is 3.62. The third kappa shape index (κ3) is 2.28. The molecule has 1 atom stereocenters. The molecule has 0 aromatic heterocycles. The van der Waals surface area contributed by atoms with E-state index in [9.17, 15) is 0 Å². The van der Waals surface area contributed by atoms with Crippen molar-refractivity contribution in [1.82, 2.24) is 0 Å². The molecule has 2 heteroatoms. The molecule has 0 spiro atoms. The Hall–Kier alpha value is -0.860. The fourth-order valence-corrected chi connectivity index (χ4v) is 3.02. The first-order chi connectivity index (χ1) is 7.77. The van der Waals surface area contributed by atoms with Crippen molar-refractivity contribution in [3.05, 3.63) is 35.9 Å². The van der Waals surface area contributed by atoms with Gasteiger partial charge in [-0.05, 0) is 30.2 Å². The lowest BCUT2D eigenvalue weighted by molar-refractivity contribution is 0.232. The van der Waals surface area contributed by atoms with Crippen molar-refractivity contribution in [2.75, 3.05) is 6.61 Å². The molecule has 0 aliphatic heterocycles. The van der Waals surface area contributed by atoms with Crippen LogP contribution in [-0.4, -0.2) is 17.8 Å². The van der Waals surface area contributed by atoms with Crippen molar-refractivity contribution in [2.45, 2.75) is 43.6 Å². The first kappa shape index (κ1) is 11.6. The summed E-state index contributed by atoms with van der Waals surface area (Å²) in [5.74, 6) is 0. The first-order valence-corrected chi connectivity index (χ1v) is 6.19. The van der Waals surface area contributed by atoms with Gasteiger partial charge in [-0.3, -0.25) is 0 Å². The van der Waals surface area contributed by atoms with Gasteiger partial charge in [-0.2, -0.15) is 0 Å². The number of nitrogens with two attached hydrogens (primary N) is 1. The van der Waals surface area contributed by atoms with Gasteiger partial charge in [0.05, 0.1) is 6.61 Å². The van der Waals surface area contributed by atoms with Crippen molar-refractivity contribution < 1.29 is 5.11 Å². The number of aliphatic hydroxyl groups excluding tert-OH is 1. The zero-order valence-corrected chi connectivity index (χ0v) is 9.73. The Labute approximate surface area is 97.5 Å². The van der Waals surface area contributed by atoms with Gasteiger partial charge in [-0.1, -0.05) is 43.2 Å². The molecule has 1 aliphatic rings. The molecule has 1 aromatic rings. The molecule has 2 rings (SSSR count). The molecule has 88 valence electrons. The lowest BCUT2D eigenvalue weighted by atomic mass is 9.74. The third-order valence-electron chi connectivity index (χ3n) is 3.83. The van der Waals surface area contributed by atoms with Crippen LogP contribution in [0.25, 0.3) is 0 Å². The molecule has 3 N–H and O–H groups in total. The summed E-state index contributed by atoms with van der Waals surface area (Å²) in [6.07, 6.45) is 5.91. The molecule has 0 amide bonds. The van der Waals surface area contributed by atoms with Gasteiger partial charge >= 0.3 is 0 Å². The second kappa shape index (κ2) is 4.98. The summed E-state index contributed by atoms with van der Waals surface area (Å²) in [7, 11) is 0. The summed E-state index contributed by atoms with van der Waals surface area (Å²) in [5, 5.41) is 9.13. The summed E-state index contributed by atoms with van der Waals surface area (Å²) in [4.78, 5) is 0. The number of rotatable bonds is 4. The maximum atomic E-state index is 9.13. The van der Waals surface area contributed by atoms with Gasteiger partial charge in [0.2, 0.25) is 0 Å². The lowest BCUT2D eigenvalue weighted by Crippen LogP contribution is -2.35. The second-order valence-electron chi connectivity index (χ2n) is 5.00. The summed E-state index contributed by atoms with van der Waals surface area (Å²) < 4.78 is 0. The Balaban J connectivity index is 2.22. The van der Waals surface area contributed by atoms with Gasteiger partial charge < -0.3 is 10.8 Å². The van der Waals surface area contributed by atoms with E-state index in [1.807, 2.05) is 0 Å². The van der Waals surface area contributed by atoms with E-state index < -0.39 is 0 Å². The predicted octanol–water partition coefficient (Wildman–Crippen LogP) is 2.21. The van der Waals surface area contributed by atoms with E-state index in [0.29, 0.717) is 0 Å². The smallest absolute Gasteiger partial charge is 0.0582 e. The third-order valence-corrected chi connectivity index (χ3v) is 3.83. The zero-order valence-electron chi connectivity index (χ0n) is 9.73. The molecule has 1 fully saturated rings. The van der Waals surface area contributed by atoms with Crippen LogP contribution in [0.3, 0.4) is 0 Å². The van der Waals surface area contributed by atoms with E-state index >= 15 is 0 Å². The molecule has 0 heterocycles. The molecular formula is C14H21NO. The van der Waals surface area contributed by atoms with Crippen molar-refractivity contribution in [1.29, 1.82) is 0 Å². The molecule has 16 heavy (non-hydrogen) atoms. The van der Waals surface area contributed by atoms with E-state index in [0.717, 1.165) is 6.42 Å². The van der Waals surface area contributed by atoms with Gasteiger partial charge in [-0.25, -0.2) is 0 Å². The fraction of sp³-hybridized carbons (Fsp3) is 0.571. The van der Waals surface area contributed by atoms with Crippen LogP contribution in [0.4, 0.5) is 0 Å². The van der Waals surface area contributed by atoms with E-state index in [1.54, 1.807) is 0 Å². The Morgan fingerprint density at radius 3 is 2.38 bits per heavy atom. The average molecular weight is 219 g/mol. The fourth-order valence-electron chi connectivity index (χ4n) is 3.02. The quantitative estimate of drug-likeness (QED) is 0.815. The van der Waals surface area contributed by atoms with Crippen LogP contribution in [0, 0.1) is 0 Å². The Morgan fingerprint density at radius 2 is 1.81 bits per heavy atom. The van der Waals surface area contributed by atoms with E-state index in [-0.39, 0.29) is 18.1 Å². The minimum atomic E-state index is -0.0849. The minimum Gasteiger partial charge on any atom is -0.395 e. The highest BCUT2D eigenvalue weighted by Crippen LogP contribution is 2.44. The van der Waals surface area contributed by atoms with Crippen molar-refractivity contribution in [3.8, 4) is 0 Å². The molecule has 0 radical (unpaired) electrons. The van der Waals surface area contributed by atoms with Crippen LogP contribution in [0.1, 0.15) is 37.7 Å².